The monoisotopic (exact) mass is 480 g/mol. The Bertz CT molecular complexity index is 1490. The number of benzene rings is 4. The second-order valence-corrected chi connectivity index (χ2v) is 8.36. The van der Waals surface area contributed by atoms with E-state index in [1.807, 2.05) is 0 Å². The minimum Gasteiger partial charge on any atom is -0.445 e. The third-order valence-electron chi connectivity index (χ3n) is 5.87. The lowest BCUT2D eigenvalue weighted by Crippen LogP contribution is -2.24. The maximum absolute atomic E-state index is 13.3. The standard InChI is InChI=1S/C29H17ClO5/c30-24-22(16-15-21-23(24)27(33)20-14-8-7-13-19(20)26(21)32)29(34)35-28(18-11-5-2-6-12-18)25(31)17-9-3-1-4-10-17/h1-16,28H. The van der Waals surface area contributed by atoms with Gasteiger partial charge in [-0.25, -0.2) is 4.79 Å². The van der Waals surface area contributed by atoms with Crippen molar-refractivity contribution in [1.29, 1.82) is 0 Å². The normalized spacial score (nSPS) is 12.9. The first-order chi connectivity index (χ1) is 17.0. The highest BCUT2D eigenvalue weighted by molar-refractivity contribution is 6.41. The Morgan fingerprint density at radius 1 is 0.657 bits per heavy atom. The van der Waals surface area contributed by atoms with E-state index in [1.54, 1.807) is 84.9 Å². The Morgan fingerprint density at radius 3 is 1.89 bits per heavy atom. The third kappa shape index (κ3) is 3.96. The van der Waals surface area contributed by atoms with Crippen molar-refractivity contribution in [3.05, 3.63) is 141 Å². The van der Waals surface area contributed by atoms with Crippen molar-refractivity contribution in [1.82, 2.24) is 0 Å². The van der Waals surface area contributed by atoms with Crippen LogP contribution < -0.4 is 0 Å². The van der Waals surface area contributed by atoms with Gasteiger partial charge in [0.05, 0.1) is 16.1 Å². The van der Waals surface area contributed by atoms with Gasteiger partial charge < -0.3 is 4.74 Å². The van der Waals surface area contributed by atoms with E-state index in [0.717, 1.165) is 0 Å². The van der Waals surface area contributed by atoms with Gasteiger partial charge in [-0.2, -0.15) is 0 Å². The molecule has 1 aliphatic carbocycles. The number of esters is 1. The fourth-order valence-corrected chi connectivity index (χ4v) is 4.46. The number of rotatable bonds is 5. The number of hydrogen-bond acceptors (Lipinski definition) is 5. The SMILES string of the molecule is O=C(OC(C(=O)c1ccccc1)c1ccccc1)c1ccc2c(c1Cl)C(=O)c1ccccc1C2=O. The Balaban J connectivity index is 1.53. The van der Waals surface area contributed by atoms with E-state index in [4.69, 9.17) is 16.3 Å². The summed E-state index contributed by atoms with van der Waals surface area (Å²) in [6.07, 6.45) is -1.23. The summed E-state index contributed by atoms with van der Waals surface area (Å²) in [5.74, 6) is -2.08. The van der Waals surface area contributed by atoms with Crippen LogP contribution in [0.5, 0.6) is 0 Å². The molecular formula is C29H17ClO5. The summed E-state index contributed by atoms with van der Waals surface area (Å²) in [4.78, 5) is 52.6. The predicted molar refractivity (Wildman–Crippen MR) is 130 cm³/mol. The van der Waals surface area contributed by atoms with Crippen molar-refractivity contribution in [2.45, 2.75) is 6.10 Å². The zero-order chi connectivity index (χ0) is 24.5. The molecule has 0 spiro atoms. The molecule has 1 aliphatic rings. The van der Waals surface area contributed by atoms with E-state index in [-0.39, 0.29) is 38.6 Å². The fraction of sp³-hybridized carbons (Fsp3) is 0.0345. The van der Waals surface area contributed by atoms with Crippen LogP contribution in [-0.4, -0.2) is 23.3 Å². The molecule has 4 aromatic rings. The Morgan fingerprint density at radius 2 is 1.23 bits per heavy atom. The van der Waals surface area contributed by atoms with Gasteiger partial charge in [-0.1, -0.05) is 96.5 Å². The molecule has 35 heavy (non-hydrogen) atoms. The summed E-state index contributed by atoms with van der Waals surface area (Å²) in [5, 5.41) is -0.181. The number of carbonyl (C=O) groups is 4. The molecular weight excluding hydrogens is 464 g/mol. The molecule has 0 fully saturated rings. The van der Waals surface area contributed by atoms with E-state index in [0.29, 0.717) is 11.1 Å². The van der Waals surface area contributed by atoms with Crippen LogP contribution in [0.25, 0.3) is 0 Å². The maximum Gasteiger partial charge on any atom is 0.340 e. The minimum absolute atomic E-state index is 0.0459. The molecule has 5 rings (SSSR count). The molecule has 0 aromatic heterocycles. The lowest BCUT2D eigenvalue weighted by atomic mass is 9.83. The maximum atomic E-state index is 13.3. The van der Waals surface area contributed by atoms with E-state index in [1.165, 1.54) is 12.1 Å². The molecule has 0 saturated carbocycles. The van der Waals surface area contributed by atoms with Crippen LogP contribution >= 0.6 is 11.6 Å². The second-order valence-electron chi connectivity index (χ2n) is 7.98. The third-order valence-corrected chi connectivity index (χ3v) is 6.27. The zero-order valence-corrected chi connectivity index (χ0v) is 19.0. The fourth-order valence-electron chi connectivity index (χ4n) is 4.13. The predicted octanol–water partition coefficient (Wildman–Crippen LogP) is 5.90. The van der Waals surface area contributed by atoms with Crippen molar-refractivity contribution in [2.24, 2.45) is 0 Å². The van der Waals surface area contributed by atoms with Crippen LogP contribution in [0.1, 0.15) is 64.2 Å². The number of ether oxygens (including phenoxy) is 1. The van der Waals surface area contributed by atoms with E-state index in [2.05, 4.69) is 0 Å². The first kappa shape index (κ1) is 22.4. The average molecular weight is 481 g/mol. The van der Waals surface area contributed by atoms with Gasteiger partial charge in [0.15, 0.2) is 17.7 Å². The van der Waals surface area contributed by atoms with Crippen LogP contribution in [0.4, 0.5) is 0 Å². The second kappa shape index (κ2) is 9.12. The van der Waals surface area contributed by atoms with E-state index in [9.17, 15) is 19.2 Å². The first-order valence-electron chi connectivity index (χ1n) is 10.8. The number of Topliss-reactive ketones (excluding diaryl/α,β-unsaturated/α-hetero) is 1. The van der Waals surface area contributed by atoms with Crippen LogP contribution in [0.2, 0.25) is 5.02 Å². The molecule has 0 saturated heterocycles. The molecule has 0 aliphatic heterocycles. The summed E-state index contributed by atoms with van der Waals surface area (Å²) >= 11 is 6.52. The van der Waals surface area contributed by atoms with Crippen LogP contribution in [0, 0.1) is 0 Å². The Labute approximate surface area is 205 Å². The molecule has 170 valence electrons. The minimum atomic E-state index is -1.23. The summed E-state index contributed by atoms with van der Waals surface area (Å²) in [7, 11) is 0. The van der Waals surface area contributed by atoms with Gasteiger partial charge in [-0.15, -0.1) is 0 Å². The molecule has 0 N–H and O–H groups in total. The van der Waals surface area contributed by atoms with Gasteiger partial charge in [0.1, 0.15) is 0 Å². The summed E-state index contributed by atoms with van der Waals surface area (Å²) in [6.45, 7) is 0. The molecule has 0 amide bonds. The van der Waals surface area contributed by atoms with Crippen molar-refractivity contribution >= 4 is 34.9 Å². The molecule has 6 heteroatoms. The number of ketones is 3. The molecule has 1 atom stereocenters. The summed E-state index contributed by atoms with van der Waals surface area (Å²) in [5.41, 5.74) is 1.35. The topological polar surface area (TPSA) is 77.5 Å². The van der Waals surface area contributed by atoms with Crippen molar-refractivity contribution in [3.8, 4) is 0 Å². The van der Waals surface area contributed by atoms with E-state index >= 15 is 0 Å². The lowest BCUT2D eigenvalue weighted by molar-refractivity contribution is 0.0280. The first-order valence-corrected chi connectivity index (χ1v) is 11.2. The van der Waals surface area contributed by atoms with Gasteiger partial charge in [0, 0.05) is 27.8 Å². The molecule has 0 heterocycles. The number of hydrogen-bond donors (Lipinski definition) is 0. The van der Waals surface area contributed by atoms with Gasteiger partial charge in [0.25, 0.3) is 0 Å². The Kier molecular flexibility index (Phi) is 5.85. The molecule has 4 aromatic carbocycles. The van der Waals surface area contributed by atoms with E-state index < -0.39 is 23.6 Å². The quantitative estimate of drug-likeness (QED) is 0.231. The highest BCUT2D eigenvalue weighted by atomic mass is 35.5. The van der Waals surface area contributed by atoms with Gasteiger partial charge in [-0.3, -0.25) is 14.4 Å². The van der Waals surface area contributed by atoms with Crippen molar-refractivity contribution in [3.63, 3.8) is 0 Å². The molecule has 5 nitrogen and oxygen atoms in total. The Hall–Kier alpha value is -4.35. The summed E-state index contributed by atoms with van der Waals surface area (Å²) < 4.78 is 5.67. The van der Waals surface area contributed by atoms with Gasteiger partial charge in [-0.05, 0) is 12.1 Å². The highest BCUT2D eigenvalue weighted by Gasteiger charge is 2.34. The summed E-state index contributed by atoms with van der Waals surface area (Å²) in [6, 6.07) is 26.3. The van der Waals surface area contributed by atoms with Gasteiger partial charge >= 0.3 is 5.97 Å². The van der Waals surface area contributed by atoms with Crippen LogP contribution in [0.3, 0.4) is 0 Å². The average Bonchev–Trinajstić information content (AvgIpc) is 2.90. The number of fused-ring (bicyclic) bond motifs is 2. The lowest BCUT2D eigenvalue weighted by Gasteiger charge is -2.21. The molecule has 0 bridgehead atoms. The number of carbonyl (C=O) groups excluding carboxylic acids is 4. The highest BCUT2D eigenvalue weighted by Crippen LogP contribution is 2.35. The largest absolute Gasteiger partial charge is 0.445 e. The van der Waals surface area contributed by atoms with Gasteiger partial charge in [0.2, 0.25) is 5.78 Å². The zero-order valence-electron chi connectivity index (χ0n) is 18.2. The van der Waals surface area contributed by atoms with Crippen LogP contribution in [0.15, 0.2) is 97.1 Å². The molecule has 0 radical (unpaired) electrons. The number of halogens is 1. The smallest absolute Gasteiger partial charge is 0.340 e. The van der Waals surface area contributed by atoms with Crippen molar-refractivity contribution < 1.29 is 23.9 Å². The van der Waals surface area contributed by atoms with Crippen LogP contribution in [-0.2, 0) is 4.74 Å². The molecule has 1 unspecified atom stereocenters. The van der Waals surface area contributed by atoms with Crippen molar-refractivity contribution in [2.75, 3.05) is 0 Å².